The predicted molar refractivity (Wildman–Crippen MR) is 78.6 cm³/mol. The predicted octanol–water partition coefficient (Wildman–Crippen LogP) is 2.36. The number of benzene rings is 1. The Morgan fingerprint density at radius 2 is 1.70 bits per heavy atom. The number of fused-ring (bicyclic) bond motifs is 2. The third kappa shape index (κ3) is 2.80. The number of esters is 1. The molecular weight excluding hydrogens is 297 g/mol. The van der Waals surface area contributed by atoms with Crippen molar-refractivity contribution in [3.63, 3.8) is 0 Å². The van der Waals surface area contributed by atoms with Crippen LogP contribution in [-0.4, -0.2) is 31.2 Å². The number of carbonyl (C=O) groups excluding carboxylic acids is 1. The van der Waals surface area contributed by atoms with E-state index in [9.17, 15) is 4.79 Å². The van der Waals surface area contributed by atoms with Crippen molar-refractivity contribution >= 4 is 29.2 Å². The average Bonchev–Trinajstić information content (AvgIpc) is 2.61. The van der Waals surface area contributed by atoms with Gasteiger partial charge in [0.15, 0.2) is 0 Å². The SMILES string of the molecule is C[NH+]1[C@@H]2CC[C@@H]1CC(OC(=O)c1cc(Cl)cc(Cl)c1)C2. The summed E-state index contributed by atoms with van der Waals surface area (Å²) in [5, 5.41) is 0.912. The first-order valence-corrected chi connectivity index (χ1v) is 7.79. The van der Waals surface area contributed by atoms with Crippen molar-refractivity contribution in [2.24, 2.45) is 0 Å². The smallest absolute Gasteiger partial charge is 0.338 e. The Morgan fingerprint density at radius 1 is 1.15 bits per heavy atom. The molecule has 0 unspecified atom stereocenters. The molecule has 3 nitrogen and oxygen atoms in total. The fraction of sp³-hybridized carbons (Fsp3) is 0.533. The number of hydrogen-bond acceptors (Lipinski definition) is 2. The van der Waals surface area contributed by atoms with Crippen LogP contribution < -0.4 is 4.90 Å². The highest BCUT2D eigenvalue weighted by Gasteiger charge is 2.43. The molecule has 2 fully saturated rings. The van der Waals surface area contributed by atoms with E-state index in [1.807, 2.05) is 0 Å². The van der Waals surface area contributed by atoms with Gasteiger partial charge < -0.3 is 9.64 Å². The van der Waals surface area contributed by atoms with Gasteiger partial charge in [-0.1, -0.05) is 23.2 Å². The minimum Gasteiger partial charge on any atom is -0.458 e. The van der Waals surface area contributed by atoms with Crippen LogP contribution in [0.1, 0.15) is 36.0 Å². The van der Waals surface area contributed by atoms with Crippen molar-refractivity contribution in [3.05, 3.63) is 33.8 Å². The molecule has 2 aliphatic heterocycles. The first-order valence-electron chi connectivity index (χ1n) is 7.03. The minimum absolute atomic E-state index is 0.0291. The Bertz CT molecular complexity index is 500. The second kappa shape index (κ2) is 5.55. The molecule has 3 rings (SSSR count). The van der Waals surface area contributed by atoms with Crippen LogP contribution in [0.15, 0.2) is 18.2 Å². The number of hydrogen-bond donors (Lipinski definition) is 1. The van der Waals surface area contributed by atoms with Gasteiger partial charge in [-0.2, -0.15) is 0 Å². The number of carbonyl (C=O) groups is 1. The number of ether oxygens (including phenoxy) is 1. The van der Waals surface area contributed by atoms with E-state index in [4.69, 9.17) is 27.9 Å². The van der Waals surface area contributed by atoms with E-state index in [1.54, 1.807) is 23.1 Å². The van der Waals surface area contributed by atoms with Gasteiger partial charge in [-0.05, 0) is 18.2 Å². The van der Waals surface area contributed by atoms with Crippen molar-refractivity contribution in [1.29, 1.82) is 0 Å². The fourth-order valence-corrected chi connectivity index (χ4v) is 4.04. The van der Waals surface area contributed by atoms with Crippen molar-refractivity contribution in [3.8, 4) is 0 Å². The number of piperidine rings is 1. The summed E-state index contributed by atoms with van der Waals surface area (Å²) < 4.78 is 5.65. The van der Waals surface area contributed by atoms with Crippen LogP contribution in [0.5, 0.6) is 0 Å². The largest absolute Gasteiger partial charge is 0.458 e. The van der Waals surface area contributed by atoms with Crippen LogP contribution in [0.4, 0.5) is 0 Å². The van der Waals surface area contributed by atoms with Crippen LogP contribution in [0, 0.1) is 0 Å². The van der Waals surface area contributed by atoms with Gasteiger partial charge >= 0.3 is 5.97 Å². The molecule has 2 aliphatic rings. The maximum absolute atomic E-state index is 12.2. The normalized spacial score (nSPS) is 32.1. The molecule has 0 saturated carbocycles. The average molecular weight is 315 g/mol. The van der Waals surface area contributed by atoms with E-state index in [0.717, 1.165) is 12.8 Å². The lowest BCUT2D eigenvalue weighted by molar-refractivity contribution is -0.923. The Kier molecular flexibility index (Phi) is 3.93. The van der Waals surface area contributed by atoms with E-state index in [-0.39, 0.29) is 12.1 Å². The molecular formula is C15H18Cl2NO2+. The molecule has 0 amide bonds. The molecule has 20 heavy (non-hydrogen) atoms. The van der Waals surface area contributed by atoms with Crippen molar-refractivity contribution < 1.29 is 14.4 Å². The summed E-state index contributed by atoms with van der Waals surface area (Å²) in [6, 6.07) is 6.08. The highest BCUT2D eigenvalue weighted by Crippen LogP contribution is 2.26. The Labute approximate surface area is 128 Å². The first-order chi connectivity index (χ1) is 9.52. The molecule has 2 bridgehead atoms. The second-order valence-corrected chi connectivity index (χ2v) is 6.74. The number of halogens is 2. The lowest BCUT2D eigenvalue weighted by Crippen LogP contribution is -3.15. The summed E-state index contributed by atoms with van der Waals surface area (Å²) in [6.07, 6.45) is 4.44. The fourth-order valence-electron chi connectivity index (χ4n) is 3.52. The summed E-state index contributed by atoms with van der Waals surface area (Å²) in [4.78, 5) is 13.8. The van der Waals surface area contributed by atoms with E-state index in [0.29, 0.717) is 27.7 Å². The zero-order valence-corrected chi connectivity index (χ0v) is 12.9. The molecule has 0 spiro atoms. The summed E-state index contributed by atoms with van der Waals surface area (Å²) in [5.41, 5.74) is 0.432. The molecule has 1 aromatic carbocycles. The zero-order chi connectivity index (χ0) is 14.3. The third-order valence-corrected chi connectivity index (χ3v) is 5.05. The molecule has 1 aromatic rings. The van der Waals surface area contributed by atoms with Gasteiger partial charge in [0, 0.05) is 35.7 Å². The maximum Gasteiger partial charge on any atom is 0.338 e. The minimum atomic E-state index is -0.321. The summed E-state index contributed by atoms with van der Waals surface area (Å²) in [6.45, 7) is 0. The van der Waals surface area contributed by atoms with Crippen molar-refractivity contribution in [2.45, 2.75) is 43.9 Å². The van der Waals surface area contributed by atoms with Gasteiger partial charge in [0.05, 0.1) is 24.7 Å². The van der Waals surface area contributed by atoms with Crippen LogP contribution in [0.2, 0.25) is 10.0 Å². The molecule has 0 aliphatic carbocycles. The summed E-state index contributed by atoms with van der Waals surface area (Å²) >= 11 is 11.8. The number of quaternary nitrogens is 1. The van der Waals surface area contributed by atoms with Gasteiger partial charge in [0.1, 0.15) is 6.10 Å². The summed E-state index contributed by atoms with van der Waals surface area (Å²) in [7, 11) is 2.25. The molecule has 2 heterocycles. The standard InChI is InChI=1S/C15H17Cl2NO2/c1-18-12-2-3-13(18)8-14(7-12)20-15(19)9-4-10(16)6-11(17)5-9/h4-6,12-14H,2-3,7-8H2,1H3/p+1/t12-,13-/m1/s1. The molecule has 2 saturated heterocycles. The molecule has 0 aromatic heterocycles. The van der Waals surface area contributed by atoms with Gasteiger partial charge in [-0.15, -0.1) is 0 Å². The Morgan fingerprint density at radius 3 is 2.25 bits per heavy atom. The van der Waals surface area contributed by atoms with Crippen molar-refractivity contribution in [2.75, 3.05) is 7.05 Å². The topological polar surface area (TPSA) is 30.7 Å². The van der Waals surface area contributed by atoms with E-state index in [1.165, 1.54) is 12.8 Å². The van der Waals surface area contributed by atoms with Gasteiger partial charge in [0.2, 0.25) is 0 Å². The summed E-state index contributed by atoms with van der Waals surface area (Å²) in [5.74, 6) is -0.321. The van der Waals surface area contributed by atoms with E-state index in [2.05, 4.69) is 7.05 Å². The van der Waals surface area contributed by atoms with Gasteiger partial charge in [-0.3, -0.25) is 0 Å². The molecule has 1 N–H and O–H groups in total. The highest BCUT2D eigenvalue weighted by atomic mass is 35.5. The molecule has 2 atom stereocenters. The number of nitrogens with one attached hydrogen (secondary N) is 1. The van der Waals surface area contributed by atoms with E-state index < -0.39 is 0 Å². The van der Waals surface area contributed by atoms with Crippen LogP contribution in [0.3, 0.4) is 0 Å². The lowest BCUT2D eigenvalue weighted by atomic mass is 10.0. The molecule has 108 valence electrons. The quantitative estimate of drug-likeness (QED) is 0.850. The van der Waals surface area contributed by atoms with Crippen LogP contribution in [-0.2, 0) is 4.74 Å². The maximum atomic E-state index is 12.2. The Balaban J connectivity index is 1.67. The molecule has 5 heteroatoms. The van der Waals surface area contributed by atoms with Gasteiger partial charge in [0.25, 0.3) is 0 Å². The van der Waals surface area contributed by atoms with Crippen molar-refractivity contribution in [1.82, 2.24) is 0 Å². The molecule has 0 radical (unpaired) electrons. The van der Waals surface area contributed by atoms with E-state index >= 15 is 0 Å². The first kappa shape index (κ1) is 14.2. The second-order valence-electron chi connectivity index (χ2n) is 5.87. The zero-order valence-electron chi connectivity index (χ0n) is 11.4. The third-order valence-electron chi connectivity index (χ3n) is 4.62. The van der Waals surface area contributed by atoms with Crippen LogP contribution >= 0.6 is 23.2 Å². The van der Waals surface area contributed by atoms with Crippen LogP contribution in [0.25, 0.3) is 0 Å². The lowest BCUT2D eigenvalue weighted by Gasteiger charge is -2.33. The highest BCUT2D eigenvalue weighted by molar-refractivity contribution is 6.35. The number of rotatable bonds is 2. The Hall–Kier alpha value is -0.770. The monoisotopic (exact) mass is 314 g/mol. The van der Waals surface area contributed by atoms with Gasteiger partial charge in [-0.25, -0.2) is 4.79 Å².